The number of carbonyl (C=O) groups excluding carboxylic acids is 1. The van der Waals surface area contributed by atoms with E-state index in [1.54, 1.807) is 18.2 Å². The van der Waals surface area contributed by atoms with Crippen molar-refractivity contribution in [2.24, 2.45) is 0 Å². The van der Waals surface area contributed by atoms with Gasteiger partial charge in [0.05, 0.1) is 5.69 Å². The van der Waals surface area contributed by atoms with E-state index >= 15 is 0 Å². The number of benzene rings is 3. The topological polar surface area (TPSA) is 130 Å². The molecule has 0 aliphatic carbocycles. The van der Waals surface area contributed by atoms with Crippen LogP contribution in [0, 0.1) is 0 Å². The molecule has 5 aromatic rings. The molecule has 206 valence electrons. The Labute approximate surface area is 236 Å². The summed E-state index contributed by atoms with van der Waals surface area (Å²) in [7, 11) is 0. The van der Waals surface area contributed by atoms with E-state index in [-0.39, 0.29) is 6.79 Å². The van der Waals surface area contributed by atoms with Crippen molar-refractivity contribution >= 4 is 23.2 Å². The normalized spacial score (nSPS) is 11.7. The highest BCUT2D eigenvalue weighted by atomic mass is 16.7. The van der Waals surface area contributed by atoms with Gasteiger partial charge >= 0.3 is 6.03 Å². The van der Waals surface area contributed by atoms with Crippen LogP contribution in [0.4, 0.5) is 22.0 Å². The number of H-pyrrole nitrogens is 1. The van der Waals surface area contributed by atoms with Crippen molar-refractivity contribution in [2.45, 2.75) is 19.9 Å². The third kappa shape index (κ3) is 5.93. The number of hydrogen-bond donors (Lipinski definition) is 3. The first-order valence-electron chi connectivity index (χ1n) is 13.3. The van der Waals surface area contributed by atoms with Crippen molar-refractivity contribution in [2.75, 3.05) is 28.9 Å². The molecule has 3 N–H and O–H groups in total. The van der Waals surface area contributed by atoms with Gasteiger partial charge in [-0.15, -0.1) is 5.10 Å². The Morgan fingerprint density at radius 2 is 1.68 bits per heavy atom. The lowest BCUT2D eigenvalue weighted by molar-refractivity contribution is 0.174. The van der Waals surface area contributed by atoms with E-state index in [1.165, 1.54) is 0 Å². The fraction of sp³-hybridized carbons (Fsp3) is 0.167. The first kappa shape index (κ1) is 25.8. The lowest BCUT2D eigenvalue weighted by Crippen LogP contribution is -2.25. The molecule has 0 fully saturated rings. The predicted molar refractivity (Wildman–Crippen MR) is 156 cm³/mol. The maximum Gasteiger partial charge on any atom is 0.323 e. The summed E-state index contributed by atoms with van der Waals surface area (Å²) in [6.07, 6.45) is 0.923. The van der Waals surface area contributed by atoms with E-state index in [4.69, 9.17) is 14.5 Å². The van der Waals surface area contributed by atoms with E-state index in [0.29, 0.717) is 40.9 Å². The second-order valence-corrected chi connectivity index (χ2v) is 9.45. The number of urea groups is 1. The largest absolute Gasteiger partial charge is 0.454 e. The molecule has 1 aliphatic heterocycles. The summed E-state index contributed by atoms with van der Waals surface area (Å²) < 4.78 is 10.8. The van der Waals surface area contributed by atoms with Crippen LogP contribution in [0.15, 0.2) is 84.9 Å². The minimum atomic E-state index is -0.398. The number of tetrazole rings is 1. The molecule has 0 saturated heterocycles. The van der Waals surface area contributed by atoms with Crippen LogP contribution in [-0.4, -0.2) is 45.0 Å². The molecule has 3 heterocycles. The molecule has 6 rings (SSSR count). The predicted octanol–water partition coefficient (Wildman–Crippen LogP) is 5.72. The molecular weight excluding hydrogens is 520 g/mol. The smallest absolute Gasteiger partial charge is 0.323 e. The Balaban J connectivity index is 1.36. The van der Waals surface area contributed by atoms with Gasteiger partial charge in [0, 0.05) is 47.7 Å². The van der Waals surface area contributed by atoms with Gasteiger partial charge in [-0.05, 0) is 40.6 Å². The summed E-state index contributed by atoms with van der Waals surface area (Å²) in [6.45, 7) is 3.74. The zero-order valence-electron chi connectivity index (χ0n) is 22.4. The number of carbonyl (C=O) groups is 1. The molecule has 2 amide bonds. The number of ether oxygens (including phenoxy) is 2. The minimum absolute atomic E-state index is 0.163. The highest BCUT2D eigenvalue weighted by Crippen LogP contribution is 2.35. The Hall–Kier alpha value is -5.45. The van der Waals surface area contributed by atoms with Crippen LogP contribution in [0.25, 0.3) is 22.6 Å². The molecule has 2 aromatic heterocycles. The van der Waals surface area contributed by atoms with E-state index in [1.807, 2.05) is 54.6 Å². The van der Waals surface area contributed by atoms with Crippen molar-refractivity contribution in [1.29, 1.82) is 0 Å². The number of pyridine rings is 1. The fourth-order valence-electron chi connectivity index (χ4n) is 4.69. The van der Waals surface area contributed by atoms with Gasteiger partial charge in [-0.3, -0.25) is 0 Å². The molecule has 0 radical (unpaired) electrons. The molecule has 3 aromatic carbocycles. The van der Waals surface area contributed by atoms with Gasteiger partial charge in [-0.25, -0.2) is 14.9 Å². The Morgan fingerprint density at radius 1 is 0.902 bits per heavy atom. The van der Waals surface area contributed by atoms with Crippen LogP contribution in [0.5, 0.6) is 11.5 Å². The molecule has 0 spiro atoms. The van der Waals surface area contributed by atoms with E-state index < -0.39 is 6.03 Å². The van der Waals surface area contributed by atoms with Gasteiger partial charge < -0.3 is 25.0 Å². The highest BCUT2D eigenvalue weighted by molar-refractivity contribution is 6.00. The summed E-state index contributed by atoms with van der Waals surface area (Å²) >= 11 is 0. The zero-order chi connectivity index (χ0) is 28.0. The lowest BCUT2D eigenvalue weighted by Gasteiger charge is -2.25. The quantitative estimate of drug-likeness (QED) is 0.213. The first-order valence-corrected chi connectivity index (χ1v) is 13.3. The van der Waals surface area contributed by atoms with Crippen molar-refractivity contribution in [3.63, 3.8) is 0 Å². The van der Waals surface area contributed by atoms with Gasteiger partial charge in [-0.2, -0.15) is 0 Å². The van der Waals surface area contributed by atoms with Crippen LogP contribution in [-0.2, 0) is 6.54 Å². The van der Waals surface area contributed by atoms with Crippen LogP contribution >= 0.6 is 0 Å². The number of amides is 2. The van der Waals surface area contributed by atoms with Gasteiger partial charge in [-0.1, -0.05) is 61.5 Å². The standard InChI is InChI=1S/C30H28N8O3/c1-2-14-38(18-20-8-4-3-5-9-20)28-17-22(32-30(39)31-21-12-13-26-27(16-21)41-19-40-26)15-25(33-28)23-10-6-7-11-24(23)29-34-36-37-35-29/h3-13,15-17H,2,14,18-19H2,1H3,(H2,31,32,33,39)(H,34,35,36,37). The summed E-state index contributed by atoms with van der Waals surface area (Å²) in [6, 6.07) is 26.6. The summed E-state index contributed by atoms with van der Waals surface area (Å²) in [5.74, 6) is 2.50. The van der Waals surface area contributed by atoms with Crippen molar-refractivity contribution in [3.8, 4) is 34.1 Å². The first-order chi connectivity index (χ1) is 20.2. The molecule has 0 unspecified atom stereocenters. The molecule has 11 nitrogen and oxygen atoms in total. The van der Waals surface area contributed by atoms with Gasteiger partial charge in [0.1, 0.15) is 5.82 Å². The average molecular weight is 549 g/mol. The number of aromatic amines is 1. The molecule has 0 atom stereocenters. The maximum atomic E-state index is 13.1. The van der Waals surface area contributed by atoms with Crippen LogP contribution in [0.3, 0.4) is 0 Å². The van der Waals surface area contributed by atoms with Crippen molar-refractivity contribution < 1.29 is 14.3 Å². The summed E-state index contributed by atoms with van der Waals surface area (Å²) in [5, 5.41) is 20.3. The zero-order valence-corrected chi connectivity index (χ0v) is 22.4. The molecule has 0 saturated carbocycles. The van der Waals surface area contributed by atoms with Crippen LogP contribution in [0.2, 0.25) is 0 Å². The van der Waals surface area contributed by atoms with Crippen molar-refractivity contribution in [1.82, 2.24) is 25.6 Å². The second-order valence-electron chi connectivity index (χ2n) is 9.45. The lowest BCUT2D eigenvalue weighted by atomic mass is 10.0. The second kappa shape index (κ2) is 11.7. The van der Waals surface area contributed by atoms with Crippen molar-refractivity contribution in [3.05, 3.63) is 90.5 Å². The molecule has 11 heteroatoms. The number of nitrogens with zero attached hydrogens (tertiary/aromatic N) is 5. The number of anilines is 3. The Morgan fingerprint density at radius 3 is 2.49 bits per heavy atom. The molecule has 41 heavy (non-hydrogen) atoms. The number of nitrogens with one attached hydrogen (secondary N) is 3. The average Bonchev–Trinajstić information content (AvgIpc) is 3.70. The summed E-state index contributed by atoms with van der Waals surface area (Å²) in [4.78, 5) is 20.4. The van der Waals surface area contributed by atoms with E-state index in [2.05, 4.69) is 55.2 Å². The maximum absolute atomic E-state index is 13.1. The number of aromatic nitrogens is 5. The Kier molecular flexibility index (Phi) is 7.39. The van der Waals surface area contributed by atoms with Gasteiger partial charge in [0.25, 0.3) is 0 Å². The van der Waals surface area contributed by atoms with Crippen LogP contribution < -0.4 is 25.0 Å². The number of rotatable bonds is 9. The van der Waals surface area contributed by atoms with Gasteiger partial charge in [0.2, 0.25) is 6.79 Å². The minimum Gasteiger partial charge on any atom is -0.454 e. The summed E-state index contributed by atoms with van der Waals surface area (Å²) in [5.41, 5.74) is 4.62. The number of hydrogen-bond acceptors (Lipinski definition) is 8. The molecule has 0 bridgehead atoms. The van der Waals surface area contributed by atoms with E-state index in [9.17, 15) is 4.79 Å². The third-order valence-corrected chi connectivity index (χ3v) is 6.54. The fourth-order valence-corrected chi connectivity index (χ4v) is 4.69. The Bertz CT molecular complexity index is 1640. The van der Waals surface area contributed by atoms with Gasteiger partial charge in [0.15, 0.2) is 17.3 Å². The monoisotopic (exact) mass is 548 g/mol. The number of fused-ring (bicyclic) bond motifs is 1. The molecule has 1 aliphatic rings. The van der Waals surface area contributed by atoms with Crippen LogP contribution in [0.1, 0.15) is 18.9 Å². The third-order valence-electron chi connectivity index (χ3n) is 6.54. The highest BCUT2D eigenvalue weighted by Gasteiger charge is 2.18. The molecular formula is C30H28N8O3. The van der Waals surface area contributed by atoms with E-state index in [0.717, 1.165) is 35.5 Å². The SMILES string of the molecule is CCCN(Cc1ccccc1)c1cc(NC(=O)Nc2ccc3c(c2)OCO3)cc(-c2ccccc2-c2nnn[nH]2)n1.